The molecule has 0 spiro atoms. The normalized spacial score (nSPS) is 10.0. The quantitative estimate of drug-likeness (QED) is 0.636. The average molecular weight is 173 g/mol. The molecule has 60 valence electrons. The van der Waals surface area contributed by atoms with Crippen LogP contribution in [-0.4, -0.2) is 17.0 Å². The SMILES string of the molecule is CNCc1cc(Cl)nc(N)n1. The van der Waals surface area contributed by atoms with Crippen molar-refractivity contribution < 1.29 is 0 Å². The summed E-state index contributed by atoms with van der Waals surface area (Å²) in [5, 5.41) is 3.31. The van der Waals surface area contributed by atoms with Gasteiger partial charge in [-0.3, -0.25) is 0 Å². The van der Waals surface area contributed by atoms with E-state index in [0.717, 1.165) is 5.69 Å². The van der Waals surface area contributed by atoms with E-state index in [1.54, 1.807) is 6.07 Å². The fraction of sp³-hybridized carbons (Fsp3) is 0.333. The van der Waals surface area contributed by atoms with E-state index in [-0.39, 0.29) is 5.95 Å². The number of hydrogen-bond acceptors (Lipinski definition) is 4. The molecule has 1 aromatic rings. The zero-order valence-corrected chi connectivity index (χ0v) is 6.89. The van der Waals surface area contributed by atoms with Crippen molar-refractivity contribution in [2.75, 3.05) is 12.8 Å². The first-order valence-corrected chi connectivity index (χ1v) is 3.53. The number of anilines is 1. The molecule has 0 fully saturated rings. The lowest BCUT2D eigenvalue weighted by molar-refractivity contribution is 0.788. The van der Waals surface area contributed by atoms with Crippen LogP contribution >= 0.6 is 11.6 Å². The Morgan fingerprint density at radius 2 is 2.36 bits per heavy atom. The maximum absolute atomic E-state index is 5.63. The molecule has 11 heavy (non-hydrogen) atoms. The predicted molar refractivity (Wildman–Crippen MR) is 44.2 cm³/mol. The van der Waals surface area contributed by atoms with E-state index in [4.69, 9.17) is 17.3 Å². The van der Waals surface area contributed by atoms with E-state index in [9.17, 15) is 0 Å². The van der Waals surface area contributed by atoms with E-state index in [0.29, 0.717) is 11.7 Å². The van der Waals surface area contributed by atoms with Crippen molar-refractivity contribution in [1.82, 2.24) is 15.3 Å². The van der Waals surface area contributed by atoms with Crippen molar-refractivity contribution in [2.24, 2.45) is 0 Å². The molecule has 0 radical (unpaired) electrons. The number of nitrogens with two attached hydrogens (primary N) is 1. The summed E-state index contributed by atoms with van der Waals surface area (Å²) in [5.41, 5.74) is 6.15. The highest BCUT2D eigenvalue weighted by Gasteiger charge is 1.97. The van der Waals surface area contributed by atoms with Crippen molar-refractivity contribution in [1.29, 1.82) is 0 Å². The summed E-state index contributed by atoms with van der Waals surface area (Å²) in [6.07, 6.45) is 0. The molecule has 1 aromatic heterocycles. The second-order valence-corrected chi connectivity index (χ2v) is 2.46. The van der Waals surface area contributed by atoms with Gasteiger partial charge in [-0.15, -0.1) is 0 Å². The molecule has 0 aliphatic carbocycles. The molecule has 1 heterocycles. The summed E-state index contributed by atoms with van der Waals surface area (Å²) in [6.45, 7) is 0.645. The van der Waals surface area contributed by atoms with Crippen molar-refractivity contribution >= 4 is 17.5 Å². The summed E-state index contributed by atoms with van der Waals surface area (Å²) >= 11 is 5.63. The second kappa shape index (κ2) is 3.50. The second-order valence-electron chi connectivity index (χ2n) is 2.07. The van der Waals surface area contributed by atoms with Crippen LogP contribution in [-0.2, 0) is 6.54 Å². The molecule has 0 aliphatic rings. The van der Waals surface area contributed by atoms with Gasteiger partial charge in [0.1, 0.15) is 5.15 Å². The number of nitrogens with one attached hydrogen (secondary N) is 1. The van der Waals surface area contributed by atoms with E-state index in [1.165, 1.54) is 0 Å². The Morgan fingerprint density at radius 3 is 2.91 bits per heavy atom. The summed E-state index contributed by atoms with van der Waals surface area (Å²) in [7, 11) is 1.83. The predicted octanol–water partition coefficient (Wildman–Crippen LogP) is 0.432. The Labute approximate surface area is 69.8 Å². The number of rotatable bonds is 2. The third-order valence-electron chi connectivity index (χ3n) is 1.12. The molecule has 0 saturated carbocycles. The van der Waals surface area contributed by atoms with Gasteiger partial charge in [0.2, 0.25) is 5.95 Å². The Hall–Kier alpha value is -0.870. The number of nitrogen functional groups attached to an aromatic ring is 1. The van der Waals surface area contributed by atoms with Gasteiger partial charge >= 0.3 is 0 Å². The molecular formula is C6H9ClN4. The van der Waals surface area contributed by atoms with Gasteiger partial charge in [-0.2, -0.15) is 0 Å². The molecule has 3 N–H and O–H groups in total. The van der Waals surface area contributed by atoms with Crippen LogP contribution in [0.3, 0.4) is 0 Å². The van der Waals surface area contributed by atoms with Gasteiger partial charge in [-0.25, -0.2) is 9.97 Å². The number of hydrogen-bond donors (Lipinski definition) is 2. The van der Waals surface area contributed by atoms with Crippen LogP contribution < -0.4 is 11.1 Å². The van der Waals surface area contributed by atoms with Crippen LogP contribution in [0.4, 0.5) is 5.95 Å². The van der Waals surface area contributed by atoms with Gasteiger partial charge in [0.15, 0.2) is 0 Å². The minimum Gasteiger partial charge on any atom is -0.368 e. The average Bonchev–Trinajstić information content (AvgIpc) is 1.85. The Kier molecular flexibility index (Phi) is 2.62. The van der Waals surface area contributed by atoms with E-state index < -0.39 is 0 Å². The lowest BCUT2D eigenvalue weighted by Crippen LogP contribution is -2.08. The highest BCUT2D eigenvalue weighted by molar-refractivity contribution is 6.29. The minimum absolute atomic E-state index is 0.211. The van der Waals surface area contributed by atoms with Crippen LogP contribution in [0.25, 0.3) is 0 Å². The maximum Gasteiger partial charge on any atom is 0.221 e. The molecule has 0 aliphatic heterocycles. The van der Waals surface area contributed by atoms with Gasteiger partial charge in [0.25, 0.3) is 0 Å². The van der Waals surface area contributed by atoms with Gasteiger partial charge in [0, 0.05) is 6.54 Å². The zero-order valence-electron chi connectivity index (χ0n) is 6.13. The number of aromatic nitrogens is 2. The molecule has 0 unspecified atom stereocenters. The van der Waals surface area contributed by atoms with Crippen LogP contribution in [0.1, 0.15) is 5.69 Å². The van der Waals surface area contributed by atoms with Crippen molar-refractivity contribution in [3.63, 3.8) is 0 Å². The zero-order chi connectivity index (χ0) is 8.27. The minimum atomic E-state index is 0.211. The number of halogens is 1. The van der Waals surface area contributed by atoms with Gasteiger partial charge < -0.3 is 11.1 Å². The van der Waals surface area contributed by atoms with E-state index in [1.807, 2.05) is 7.05 Å². The summed E-state index contributed by atoms with van der Waals surface area (Å²) < 4.78 is 0. The standard InChI is InChI=1S/C6H9ClN4/c1-9-3-4-2-5(7)11-6(8)10-4/h2,9H,3H2,1H3,(H2,8,10,11). The van der Waals surface area contributed by atoms with E-state index >= 15 is 0 Å². The van der Waals surface area contributed by atoms with Crippen molar-refractivity contribution in [3.05, 3.63) is 16.9 Å². The molecule has 0 saturated heterocycles. The topological polar surface area (TPSA) is 63.8 Å². The molecule has 5 heteroatoms. The fourth-order valence-electron chi connectivity index (χ4n) is 0.755. The third kappa shape index (κ3) is 2.32. The fourth-order valence-corrected chi connectivity index (χ4v) is 0.968. The third-order valence-corrected chi connectivity index (χ3v) is 1.32. The largest absolute Gasteiger partial charge is 0.368 e. The lowest BCUT2D eigenvalue weighted by atomic mass is 10.4. The Bertz CT molecular complexity index is 230. The van der Waals surface area contributed by atoms with Crippen molar-refractivity contribution in [3.8, 4) is 0 Å². The molecule has 0 bridgehead atoms. The monoisotopic (exact) mass is 172 g/mol. The van der Waals surface area contributed by atoms with Crippen LogP contribution in [0, 0.1) is 0 Å². The van der Waals surface area contributed by atoms with Gasteiger partial charge in [-0.1, -0.05) is 11.6 Å². The molecule has 0 amide bonds. The molecular weight excluding hydrogens is 164 g/mol. The highest BCUT2D eigenvalue weighted by Crippen LogP contribution is 2.07. The molecule has 0 aromatic carbocycles. The van der Waals surface area contributed by atoms with E-state index in [2.05, 4.69) is 15.3 Å². The number of nitrogens with zero attached hydrogens (tertiary/aromatic N) is 2. The summed E-state index contributed by atoms with van der Waals surface area (Å²) in [6, 6.07) is 1.68. The van der Waals surface area contributed by atoms with Crippen LogP contribution in [0.2, 0.25) is 5.15 Å². The van der Waals surface area contributed by atoms with Crippen LogP contribution in [0.15, 0.2) is 6.07 Å². The Balaban J connectivity index is 2.89. The van der Waals surface area contributed by atoms with Gasteiger partial charge in [0.05, 0.1) is 5.69 Å². The first kappa shape index (κ1) is 8.23. The summed E-state index contributed by atoms with van der Waals surface area (Å²) in [5.74, 6) is 0.211. The molecule has 4 nitrogen and oxygen atoms in total. The molecule has 1 rings (SSSR count). The summed E-state index contributed by atoms with van der Waals surface area (Å²) in [4.78, 5) is 7.66. The van der Waals surface area contributed by atoms with Crippen LogP contribution in [0.5, 0.6) is 0 Å². The first-order valence-electron chi connectivity index (χ1n) is 3.16. The highest BCUT2D eigenvalue weighted by atomic mass is 35.5. The van der Waals surface area contributed by atoms with Gasteiger partial charge in [-0.05, 0) is 13.1 Å². The Morgan fingerprint density at radius 1 is 1.64 bits per heavy atom. The van der Waals surface area contributed by atoms with Crippen molar-refractivity contribution in [2.45, 2.75) is 6.54 Å². The maximum atomic E-state index is 5.63. The lowest BCUT2D eigenvalue weighted by Gasteiger charge is -1.99. The first-order chi connectivity index (χ1) is 5.22. The molecule has 0 atom stereocenters. The smallest absolute Gasteiger partial charge is 0.221 e.